The van der Waals surface area contributed by atoms with Crippen molar-refractivity contribution in [3.63, 3.8) is 0 Å². The van der Waals surface area contributed by atoms with Crippen LogP contribution in [0.15, 0.2) is 47.1 Å². The van der Waals surface area contributed by atoms with Crippen LogP contribution in [0.1, 0.15) is 83.1 Å². The summed E-state index contributed by atoms with van der Waals surface area (Å²) in [6, 6.07) is 8.77. The first-order valence-corrected chi connectivity index (χ1v) is 15.9. The fourth-order valence-corrected chi connectivity index (χ4v) is 9.24. The second-order valence-electron chi connectivity index (χ2n) is 13.3. The number of fused-ring (bicyclic) bond motifs is 4. The summed E-state index contributed by atoms with van der Waals surface area (Å²) in [5.41, 5.74) is 3.36. The van der Waals surface area contributed by atoms with E-state index in [0.29, 0.717) is 37.7 Å². The van der Waals surface area contributed by atoms with Crippen molar-refractivity contribution in [3.05, 3.63) is 52.6 Å². The normalized spacial score (nSPS) is 33.4. The number of hydrogen-bond acceptors (Lipinski definition) is 6. The minimum atomic E-state index is -1.23. The van der Waals surface area contributed by atoms with Gasteiger partial charge < -0.3 is 14.7 Å². The van der Waals surface area contributed by atoms with Crippen LogP contribution in [0.4, 0.5) is 10.1 Å². The molecule has 1 aromatic rings. The Morgan fingerprint density at radius 3 is 2.58 bits per heavy atom. The molecule has 0 aromatic heterocycles. The highest BCUT2D eigenvalue weighted by molar-refractivity contribution is 5.93. The molecule has 1 unspecified atom stereocenters. The van der Waals surface area contributed by atoms with Gasteiger partial charge in [0.1, 0.15) is 12.8 Å². The lowest BCUT2D eigenvalue weighted by molar-refractivity contribution is -0.150. The minimum Gasteiger partial charge on any atom is -0.458 e. The number of alkyl halides is 1. The van der Waals surface area contributed by atoms with E-state index in [1.807, 2.05) is 0 Å². The Balaban J connectivity index is 1.47. The van der Waals surface area contributed by atoms with Gasteiger partial charge in [0.25, 0.3) is 0 Å². The topological polar surface area (TPSA) is 83.9 Å². The molecule has 7 heteroatoms. The molecule has 0 radical (unpaired) electrons. The van der Waals surface area contributed by atoms with E-state index < -0.39 is 23.0 Å². The zero-order chi connectivity index (χ0) is 30.4. The third-order valence-electron chi connectivity index (χ3n) is 11.2. The number of benzene rings is 1. The van der Waals surface area contributed by atoms with Gasteiger partial charge in [0, 0.05) is 38.0 Å². The van der Waals surface area contributed by atoms with Crippen LogP contribution < -0.4 is 4.90 Å². The van der Waals surface area contributed by atoms with Crippen molar-refractivity contribution in [2.45, 2.75) is 83.7 Å². The van der Waals surface area contributed by atoms with Crippen LogP contribution >= 0.6 is 0 Å². The van der Waals surface area contributed by atoms with Crippen molar-refractivity contribution in [1.29, 1.82) is 0 Å². The summed E-state index contributed by atoms with van der Waals surface area (Å²) in [7, 11) is 0. The molecule has 1 aromatic carbocycles. The molecule has 0 spiro atoms. The number of esters is 1. The molecule has 228 valence electrons. The summed E-state index contributed by atoms with van der Waals surface area (Å²) in [4.78, 5) is 40.5. The Morgan fingerprint density at radius 1 is 1.14 bits per heavy atom. The first-order chi connectivity index (χ1) is 20.7. The largest absolute Gasteiger partial charge is 0.458 e. The maximum atomic E-state index is 16.0. The second kappa shape index (κ2) is 11.7. The van der Waals surface area contributed by atoms with E-state index in [1.165, 1.54) is 43.5 Å². The molecule has 6 atom stereocenters. The van der Waals surface area contributed by atoms with Crippen molar-refractivity contribution >= 4 is 23.2 Å². The number of anilines is 1. The van der Waals surface area contributed by atoms with Gasteiger partial charge in [0.15, 0.2) is 18.2 Å². The van der Waals surface area contributed by atoms with Crippen LogP contribution in [0.2, 0.25) is 0 Å². The van der Waals surface area contributed by atoms with E-state index in [-0.39, 0.29) is 49.0 Å². The number of carbonyl (C=O) groups excluding carboxylic acids is 3. The number of rotatable bonds is 5. The molecule has 5 aliphatic rings. The van der Waals surface area contributed by atoms with Crippen LogP contribution in [0.3, 0.4) is 0 Å². The first kappa shape index (κ1) is 29.8. The lowest BCUT2D eigenvalue weighted by Gasteiger charge is -2.55. The molecule has 6 rings (SSSR count). The van der Waals surface area contributed by atoms with Crippen molar-refractivity contribution in [2.24, 2.45) is 22.7 Å². The van der Waals surface area contributed by atoms with Gasteiger partial charge in [-0.15, -0.1) is 0 Å². The lowest BCUT2D eigenvalue weighted by atomic mass is 9.48. The predicted molar refractivity (Wildman–Crippen MR) is 162 cm³/mol. The summed E-state index contributed by atoms with van der Waals surface area (Å²) in [5, 5.41) is 9.69. The summed E-state index contributed by atoms with van der Waals surface area (Å²) in [6.45, 7) is 4.75. The van der Waals surface area contributed by atoms with E-state index in [1.54, 1.807) is 0 Å². The molecular formula is C36H42FNO5. The molecule has 1 aliphatic heterocycles. The van der Waals surface area contributed by atoms with Crippen LogP contribution in [-0.2, 0) is 19.1 Å². The maximum Gasteiger partial charge on any atom is 0.303 e. The van der Waals surface area contributed by atoms with Crippen molar-refractivity contribution < 1.29 is 28.6 Å². The molecular weight excluding hydrogens is 545 g/mol. The predicted octanol–water partition coefficient (Wildman–Crippen LogP) is 5.64. The van der Waals surface area contributed by atoms with E-state index in [9.17, 15) is 19.5 Å². The first-order valence-electron chi connectivity index (χ1n) is 15.9. The Labute approximate surface area is 253 Å². The number of Topliss-reactive ketones (excluding diaryl/α,β-unsaturated/α-hetero) is 1. The van der Waals surface area contributed by atoms with E-state index in [0.717, 1.165) is 24.2 Å². The van der Waals surface area contributed by atoms with Crippen LogP contribution in [0, 0.1) is 34.5 Å². The van der Waals surface area contributed by atoms with E-state index >= 15 is 4.39 Å². The standard InChI is InChI=1S/C36H42FNO5/c1-23(40)43-22-33(42)36(14-6-18-39)15-13-31-29-20-32(37)28-19-26(41)11-12-27(28)34(29)30(21-35(31,36)2)24-7-9-25(10-8-24)38-16-4-3-5-17-38/h7-10,19,29-32,39H,3-5,11-13,15-18,20-22H2,1-2H3/t29-,30+,31-,32?,35-,36+/m0/s1. The van der Waals surface area contributed by atoms with Gasteiger partial charge in [-0.2, -0.15) is 0 Å². The van der Waals surface area contributed by atoms with Crippen molar-refractivity contribution in [2.75, 3.05) is 31.2 Å². The number of ketones is 2. The van der Waals surface area contributed by atoms with Crippen LogP contribution in [-0.4, -0.2) is 55.1 Å². The van der Waals surface area contributed by atoms with Gasteiger partial charge in [-0.25, -0.2) is 4.39 Å². The highest BCUT2D eigenvalue weighted by Crippen LogP contribution is 2.69. The van der Waals surface area contributed by atoms with Gasteiger partial charge in [0.05, 0.1) is 5.41 Å². The van der Waals surface area contributed by atoms with Crippen LogP contribution in [0.5, 0.6) is 0 Å². The SMILES string of the molecule is CC(=O)OCC(=O)[C@@]1(C#CCO)CC[C@H]2[C@@H]3CC(F)C4=CC(=O)CCC4=C3[C@@H](c3ccc(N4CCCCC4)cc3)C[C@@]21C. The highest BCUT2D eigenvalue weighted by atomic mass is 19.1. The third kappa shape index (κ3) is 5.06. The Morgan fingerprint density at radius 2 is 1.88 bits per heavy atom. The van der Waals surface area contributed by atoms with Crippen LogP contribution in [0.25, 0.3) is 0 Å². The Kier molecular flexibility index (Phi) is 8.10. The number of piperidine rings is 1. The average Bonchev–Trinajstić information content (AvgIpc) is 3.32. The van der Waals surface area contributed by atoms with E-state index in [4.69, 9.17) is 4.74 Å². The van der Waals surface area contributed by atoms with Gasteiger partial charge in [-0.1, -0.05) is 36.5 Å². The summed E-state index contributed by atoms with van der Waals surface area (Å²) in [6.07, 6.45) is 6.95. The molecule has 43 heavy (non-hydrogen) atoms. The molecule has 1 heterocycles. The monoisotopic (exact) mass is 587 g/mol. The number of halogens is 1. The molecule has 1 N–H and O–H groups in total. The van der Waals surface area contributed by atoms with Crippen molar-refractivity contribution in [1.82, 2.24) is 0 Å². The second-order valence-corrected chi connectivity index (χ2v) is 13.3. The average molecular weight is 588 g/mol. The fourth-order valence-electron chi connectivity index (χ4n) is 9.24. The number of aliphatic hydroxyl groups excluding tert-OH is 1. The number of allylic oxidation sites excluding steroid dienone is 4. The van der Waals surface area contributed by atoms with E-state index in [2.05, 4.69) is 47.9 Å². The zero-order valence-electron chi connectivity index (χ0n) is 25.3. The summed E-state index contributed by atoms with van der Waals surface area (Å²) >= 11 is 0. The molecule has 0 amide bonds. The number of ether oxygens (including phenoxy) is 1. The fraction of sp³-hybridized carbons (Fsp3) is 0.583. The summed E-state index contributed by atoms with van der Waals surface area (Å²) < 4.78 is 21.2. The minimum absolute atomic E-state index is 0.00873. The van der Waals surface area contributed by atoms with Gasteiger partial charge in [0.2, 0.25) is 0 Å². The Bertz CT molecular complexity index is 1430. The molecule has 2 saturated carbocycles. The zero-order valence-corrected chi connectivity index (χ0v) is 25.3. The van der Waals surface area contributed by atoms with Crippen molar-refractivity contribution in [3.8, 4) is 11.8 Å². The van der Waals surface area contributed by atoms with Gasteiger partial charge in [-0.05, 0) is 104 Å². The molecule has 4 aliphatic carbocycles. The maximum absolute atomic E-state index is 16.0. The number of aliphatic hydroxyl groups is 1. The highest BCUT2D eigenvalue weighted by Gasteiger charge is 2.66. The number of nitrogens with zero attached hydrogens (tertiary/aromatic N) is 1. The van der Waals surface area contributed by atoms with Gasteiger partial charge in [-0.3, -0.25) is 14.4 Å². The smallest absolute Gasteiger partial charge is 0.303 e. The molecule has 1 saturated heterocycles. The quantitative estimate of drug-likeness (QED) is 0.355. The molecule has 6 nitrogen and oxygen atoms in total. The summed E-state index contributed by atoms with van der Waals surface area (Å²) in [5.74, 6) is 5.01. The molecule has 3 fully saturated rings. The number of carbonyl (C=O) groups is 3. The number of hydrogen-bond donors (Lipinski definition) is 1. The van der Waals surface area contributed by atoms with Gasteiger partial charge >= 0.3 is 5.97 Å². The molecule has 0 bridgehead atoms. The Hall–Kier alpha value is -3.24. The lowest BCUT2D eigenvalue weighted by Crippen LogP contribution is -2.52. The third-order valence-corrected chi connectivity index (χ3v) is 11.2.